The van der Waals surface area contributed by atoms with Crippen LogP contribution in [0.1, 0.15) is 11.1 Å². The molecular weight excluding hydrogens is 246 g/mol. The molecule has 0 saturated heterocycles. The maximum atomic E-state index is 11.5. The number of amides is 3. The zero-order valence-corrected chi connectivity index (χ0v) is 11.4. The van der Waals surface area contributed by atoms with Crippen molar-refractivity contribution in [2.75, 3.05) is 20.7 Å². The molecule has 0 aliphatic rings. The molecule has 1 aromatic rings. The summed E-state index contributed by atoms with van der Waals surface area (Å²) in [6.45, 7) is 2.33. The van der Waals surface area contributed by atoms with Crippen LogP contribution in [0.2, 0.25) is 0 Å². The van der Waals surface area contributed by atoms with E-state index in [2.05, 4.69) is 16.0 Å². The summed E-state index contributed by atoms with van der Waals surface area (Å²) < 4.78 is 5.11. The number of hydrogen-bond acceptors (Lipinski definition) is 3. The van der Waals surface area contributed by atoms with E-state index in [1.165, 1.54) is 7.05 Å². The Hall–Kier alpha value is -2.24. The van der Waals surface area contributed by atoms with E-state index >= 15 is 0 Å². The molecule has 3 amide bonds. The first-order chi connectivity index (χ1) is 9.06. The summed E-state index contributed by atoms with van der Waals surface area (Å²) in [5.74, 6) is 0.549. The molecule has 104 valence electrons. The van der Waals surface area contributed by atoms with E-state index in [1.54, 1.807) is 7.11 Å². The largest absolute Gasteiger partial charge is 0.497 e. The standard InChI is InChI=1S/C13H19N3O3/c1-9-6-11(19-3)5-4-10(9)7-15-12(17)8-16-13(18)14-2/h4-6H,7-8H2,1-3H3,(H,15,17)(H2,14,16,18). The molecule has 1 rings (SSSR count). The fraction of sp³-hybridized carbons (Fsp3) is 0.385. The van der Waals surface area contributed by atoms with E-state index in [0.717, 1.165) is 16.9 Å². The second-order valence-corrected chi connectivity index (χ2v) is 4.00. The van der Waals surface area contributed by atoms with E-state index in [9.17, 15) is 9.59 Å². The van der Waals surface area contributed by atoms with Crippen LogP contribution in [0, 0.1) is 6.92 Å². The highest BCUT2D eigenvalue weighted by Crippen LogP contribution is 2.16. The molecule has 0 aromatic heterocycles. The molecule has 0 atom stereocenters. The molecule has 3 N–H and O–H groups in total. The molecule has 0 bridgehead atoms. The Morgan fingerprint density at radius 3 is 2.58 bits per heavy atom. The second kappa shape index (κ2) is 7.25. The van der Waals surface area contributed by atoms with Crippen molar-refractivity contribution in [3.8, 4) is 5.75 Å². The third-order valence-corrected chi connectivity index (χ3v) is 2.66. The van der Waals surface area contributed by atoms with Crippen molar-refractivity contribution in [3.63, 3.8) is 0 Å². The number of hydrogen-bond donors (Lipinski definition) is 3. The van der Waals surface area contributed by atoms with Gasteiger partial charge in [0.1, 0.15) is 5.75 Å². The smallest absolute Gasteiger partial charge is 0.314 e. The Kier molecular flexibility index (Phi) is 5.66. The molecule has 0 spiro atoms. The van der Waals surface area contributed by atoms with Gasteiger partial charge in [0.25, 0.3) is 0 Å². The highest BCUT2D eigenvalue weighted by molar-refractivity contribution is 5.83. The van der Waals surface area contributed by atoms with Crippen LogP contribution in [0.5, 0.6) is 5.75 Å². The Bertz CT molecular complexity index is 460. The molecule has 0 aliphatic carbocycles. The number of carbonyl (C=O) groups is 2. The minimum Gasteiger partial charge on any atom is -0.497 e. The molecule has 0 heterocycles. The lowest BCUT2D eigenvalue weighted by Crippen LogP contribution is -2.40. The minimum absolute atomic E-state index is 0.0468. The number of nitrogens with one attached hydrogen (secondary N) is 3. The van der Waals surface area contributed by atoms with Crippen LogP contribution in [-0.2, 0) is 11.3 Å². The fourth-order valence-electron chi connectivity index (χ4n) is 1.50. The van der Waals surface area contributed by atoms with Crippen molar-refractivity contribution in [2.24, 2.45) is 0 Å². The van der Waals surface area contributed by atoms with Gasteiger partial charge in [0.2, 0.25) is 5.91 Å². The zero-order chi connectivity index (χ0) is 14.3. The van der Waals surface area contributed by atoms with Gasteiger partial charge in [-0.05, 0) is 30.2 Å². The van der Waals surface area contributed by atoms with Crippen molar-refractivity contribution >= 4 is 11.9 Å². The maximum Gasteiger partial charge on any atom is 0.314 e. The molecule has 0 aliphatic heterocycles. The van der Waals surface area contributed by atoms with Crippen LogP contribution in [0.4, 0.5) is 4.79 Å². The monoisotopic (exact) mass is 265 g/mol. The van der Waals surface area contributed by atoms with Gasteiger partial charge in [0.05, 0.1) is 13.7 Å². The van der Waals surface area contributed by atoms with Gasteiger partial charge in [-0.2, -0.15) is 0 Å². The maximum absolute atomic E-state index is 11.5. The first-order valence-corrected chi connectivity index (χ1v) is 5.92. The number of aryl methyl sites for hydroxylation is 1. The molecule has 19 heavy (non-hydrogen) atoms. The predicted molar refractivity (Wildman–Crippen MR) is 72.0 cm³/mol. The van der Waals surface area contributed by atoms with Gasteiger partial charge < -0.3 is 20.7 Å². The topological polar surface area (TPSA) is 79.5 Å². The molecule has 0 fully saturated rings. The van der Waals surface area contributed by atoms with E-state index < -0.39 is 0 Å². The third kappa shape index (κ3) is 4.87. The molecule has 6 heteroatoms. The van der Waals surface area contributed by atoms with Gasteiger partial charge in [-0.1, -0.05) is 6.07 Å². The summed E-state index contributed by atoms with van der Waals surface area (Å²) in [7, 11) is 3.11. The van der Waals surface area contributed by atoms with Crippen LogP contribution in [-0.4, -0.2) is 32.6 Å². The lowest BCUT2D eigenvalue weighted by molar-refractivity contribution is -0.120. The van der Waals surface area contributed by atoms with Gasteiger partial charge in [0.15, 0.2) is 0 Å². The average molecular weight is 265 g/mol. The number of ether oxygens (including phenoxy) is 1. The zero-order valence-electron chi connectivity index (χ0n) is 11.4. The number of benzene rings is 1. The normalized spacial score (nSPS) is 9.63. The Balaban J connectivity index is 2.44. The highest BCUT2D eigenvalue weighted by atomic mass is 16.5. The molecule has 0 unspecified atom stereocenters. The first kappa shape index (κ1) is 14.8. The van der Waals surface area contributed by atoms with E-state index in [4.69, 9.17) is 4.74 Å². The average Bonchev–Trinajstić information content (AvgIpc) is 2.43. The number of urea groups is 1. The molecule has 0 radical (unpaired) electrons. The number of rotatable bonds is 5. The summed E-state index contributed by atoms with van der Waals surface area (Å²) in [6, 6.07) is 5.28. The minimum atomic E-state index is -0.379. The van der Waals surface area contributed by atoms with Crippen LogP contribution < -0.4 is 20.7 Å². The van der Waals surface area contributed by atoms with Gasteiger partial charge in [-0.15, -0.1) is 0 Å². The SMILES string of the molecule is CNC(=O)NCC(=O)NCc1ccc(OC)cc1C. The first-order valence-electron chi connectivity index (χ1n) is 5.92. The fourth-order valence-corrected chi connectivity index (χ4v) is 1.50. The Labute approximate surface area is 112 Å². The van der Waals surface area contributed by atoms with E-state index in [-0.39, 0.29) is 18.5 Å². The second-order valence-electron chi connectivity index (χ2n) is 4.00. The van der Waals surface area contributed by atoms with Crippen LogP contribution in [0.15, 0.2) is 18.2 Å². The van der Waals surface area contributed by atoms with Gasteiger partial charge in [0, 0.05) is 13.6 Å². The van der Waals surface area contributed by atoms with Crippen molar-refractivity contribution in [3.05, 3.63) is 29.3 Å². The van der Waals surface area contributed by atoms with Crippen molar-refractivity contribution in [1.82, 2.24) is 16.0 Å². The summed E-state index contributed by atoms with van der Waals surface area (Å²) >= 11 is 0. The molecule has 6 nitrogen and oxygen atoms in total. The molecular formula is C13H19N3O3. The molecule has 1 aromatic carbocycles. The van der Waals surface area contributed by atoms with Crippen LogP contribution in [0.3, 0.4) is 0 Å². The summed E-state index contributed by atoms with van der Waals surface area (Å²) in [6.07, 6.45) is 0. The van der Waals surface area contributed by atoms with E-state index in [1.807, 2.05) is 25.1 Å². The Morgan fingerprint density at radius 2 is 2.00 bits per heavy atom. The van der Waals surface area contributed by atoms with E-state index in [0.29, 0.717) is 6.54 Å². The summed E-state index contributed by atoms with van der Waals surface area (Å²) in [4.78, 5) is 22.4. The van der Waals surface area contributed by atoms with Crippen molar-refractivity contribution in [2.45, 2.75) is 13.5 Å². The highest BCUT2D eigenvalue weighted by Gasteiger charge is 2.05. The third-order valence-electron chi connectivity index (χ3n) is 2.66. The summed E-state index contributed by atoms with van der Waals surface area (Å²) in [5.41, 5.74) is 2.05. The van der Waals surface area contributed by atoms with Crippen molar-refractivity contribution in [1.29, 1.82) is 0 Å². The van der Waals surface area contributed by atoms with Crippen LogP contribution >= 0.6 is 0 Å². The Morgan fingerprint density at radius 1 is 1.26 bits per heavy atom. The lowest BCUT2D eigenvalue weighted by atomic mass is 10.1. The van der Waals surface area contributed by atoms with Crippen molar-refractivity contribution < 1.29 is 14.3 Å². The van der Waals surface area contributed by atoms with Gasteiger partial charge in [-0.25, -0.2) is 4.79 Å². The quantitative estimate of drug-likeness (QED) is 0.727. The van der Waals surface area contributed by atoms with Gasteiger partial charge >= 0.3 is 6.03 Å². The summed E-state index contributed by atoms with van der Waals surface area (Å²) in [5, 5.41) is 7.53. The predicted octanol–water partition coefficient (Wildman–Crippen LogP) is 0.549. The van der Waals surface area contributed by atoms with Crippen LogP contribution in [0.25, 0.3) is 0 Å². The van der Waals surface area contributed by atoms with Gasteiger partial charge in [-0.3, -0.25) is 4.79 Å². The number of carbonyl (C=O) groups excluding carboxylic acids is 2. The molecule has 0 saturated carbocycles. The lowest BCUT2D eigenvalue weighted by Gasteiger charge is -2.10. The number of methoxy groups -OCH3 is 1.